The molecule has 0 aromatic heterocycles. The van der Waals surface area contributed by atoms with Gasteiger partial charge in [-0.25, -0.2) is 0 Å². The molecule has 108 valence electrons. The van der Waals surface area contributed by atoms with Crippen molar-refractivity contribution in [2.45, 2.75) is 33.7 Å². The molecule has 1 atom stereocenters. The number of benzene rings is 2. The Morgan fingerprint density at radius 3 is 2.45 bits per heavy atom. The Hall–Kier alpha value is -1.87. The third-order valence-electron chi connectivity index (χ3n) is 3.08. The lowest BCUT2D eigenvalue weighted by Crippen LogP contribution is -2.36. The fourth-order valence-corrected chi connectivity index (χ4v) is 2.12. The number of hydrogen-bond donors (Lipinski definition) is 2. The fraction of sp³-hybridized carbons (Fsp3) is 0.353. The van der Waals surface area contributed by atoms with Crippen LogP contribution in [0.15, 0.2) is 42.5 Å². The Bertz CT molecular complexity index is 578. The maximum atomic E-state index is 11.9. The van der Waals surface area contributed by atoms with E-state index in [-0.39, 0.29) is 13.3 Å². The van der Waals surface area contributed by atoms with Gasteiger partial charge in [-0.15, -0.1) is 0 Å². The maximum Gasteiger partial charge on any atom is 0.241 e. The quantitative estimate of drug-likeness (QED) is 0.889. The first-order chi connectivity index (χ1) is 9.06. The lowest BCUT2D eigenvalue weighted by Gasteiger charge is -2.14. The van der Waals surface area contributed by atoms with Gasteiger partial charge in [0.15, 0.2) is 0 Å². The number of nitrogens with one attached hydrogen (secondary N) is 1. The minimum atomic E-state index is -0.452. The lowest BCUT2D eigenvalue weighted by molar-refractivity contribution is -0.117. The van der Waals surface area contributed by atoms with Crippen molar-refractivity contribution < 1.29 is 4.79 Å². The van der Waals surface area contributed by atoms with E-state index in [0.717, 1.165) is 16.5 Å². The molecule has 3 heteroatoms. The monoisotopic (exact) mass is 272 g/mol. The highest BCUT2D eigenvalue weighted by Gasteiger charge is 2.14. The second-order valence-corrected chi connectivity index (χ2v) is 5.29. The molecule has 0 heterocycles. The maximum absolute atomic E-state index is 11.9. The molecule has 0 fully saturated rings. The van der Waals surface area contributed by atoms with Crippen LogP contribution in [0.25, 0.3) is 10.8 Å². The molecule has 0 aliphatic heterocycles. The highest BCUT2D eigenvalue weighted by Crippen LogP contribution is 2.19. The molecule has 0 aliphatic carbocycles. The molecular weight excluding hydrogens is 248 g/mol. The van der Waals surface area contributed by atoms with E-state index in [1.54, 1.807) is 0 Å². The summed E-state index contributed by atoms with van der Waals surface area (Å²) >= 11 is 0. The summed E-state index contributed by atoms with van der Waals surface area (Å²) in [7, 11) is 0. The summed E-state index contributed by atoms with van der Waals surface area (Å²) < 4.78 is 0. The Balaban J connectivity index is 0.00000200. The molecule has 0 bridgehead atoms. The minimum Gasteiger partial charge on any atom is -0.325 e. The molecule has 0 unspecified atom stereocenters. The highest BCUT2D eigenvalue weighted by molar-refractivity contribution is 5.97. The highest BCUT2D eigenvalue weighted by atomic mass is 16.2. The van der Waals surface area contributed by atoms with Gasteiger partial charge in [-0.2, -0.15) is 0 Å². The predicted molar refractivity (Wildman–Crippen MR) is 86.7 cm³/mol. The summed E-state index contributed by atoms with van der Waals surface area (Å²) in [4.78, 5) is 11.9. The number of fused-ring (bicyclic) bond motifs is 1. The summed E-state index contributed by atoms with van der Waals surface area (Å²) in [5.41, 5.74) is 6.66. The summed E-state index contributed by atoms with van der Waals surface area (Å²) in [6.07, 6.45) is 0.694. The number of carbonyl (C=O) groups excluding carboxylic acids is 1. The molecule has 3 N–H and O–H groups in total. The van der Waals surface area contributed by atoms with Gasteiger partial charge in [-0.05, 0) is 35.2 Å². The molecule has 0 saturated carbocycles. The van der Waals surface area contributed by atoms with Gasteiger partial charge >= 0.3 is 0 Å². The van der Waals surface area contributed by atoms with Crippen LogP contribution in [0.1, 0.15) is 27.7 Å². The molecule has 0 spiro atoms. The van der Waals surface area contributed by atoms with Crippen LogP contribution >= 0.6 is 0 Å². The second kappa shape index (κ2) is 7.06. The molecule has 1 amide bonds. The first kappa shape index (κ1) is 16.2. The Morgan fingerprint density at radius 2 is 1.80 bits per heavy atom. The zero-order valence-electron chi connectivity index (χ0n) is 11.4. The van der Waals surface area contributed by atoms with Crippen LogP contribution in [0.3, 0.4) is 0 Å². The molecule has 0 radical (unpaired) electrons. The van der Waals surface area contributed by atoms with E-state index in [0.29, 0.717) is 12.3 Å². The van der Waals surface area contributed by atoms with Gasteiger partial charge < -0.3 is 11.1 Å². The topological polar surface area (TPSA) is 55.1 Å². The Morgan fingerprint density at radius 1 is 1.15 bits per heavy atom. The molecule has 0 saturated heterocycles. The third-order valence-corrected chi connectivity index (χ3v) is 3.08. The summed E-state index contributed by atoms with van der Waals surface area (Å²) in [5, 5.41) is 5.14. The van der Waals surface area contributed by atoms with Crippen LogP contribution in [0.5, 0.6) is 0 Å². The largest absolute Gasteiger partial charge is 0.325 e. The van der Waals surface area contributed by atoms with E-state index in [4.69, 9.17) is 5.73 Å². The fourth-order valence-electron chi connectivity index (χ4n) is 2.12. The van der Waals surface area contributed by atoms with Crippen LogP contribution in [0.2, 0.25) is 0 Å². The molecular formula is C17H24N2O. The number of rotatable bonds is 4. The van der Waals surface area contributed by atoms with Crippen molar-refractivity contribution in [2.24, 2.45) is 11.7 Å². The average molecular weight is 272 g/mol. The number of amides is 1. The van der Waals surface area contributed by atoms with E-state index in [1.807, 2.05) is 42.5 Å². The summed E-state index contributed by atoms with van der Waals surface area (Å²) in [5.74, 6) is 0.293. The van der Waals surface area contributed by atoms with Crippen molar-refractivity contribution in [3.05, 3.63) is 42.5 Å². The van der Waals surface area contributed by atoms with Gasteiger partial charge in [-0.3, -0.25) is 4.79 Å². The van der Waals surface area contributed by atoms with Crippen molar-refractivity contribution in [2.75, 3.05) is 5.32 Å². The number of anilines is 1. The van der Waals surface area contributed by atoms with Crippen LogP contribution in [0.4, 0.5) is 5.69 Å². The van der Waals surface area contributed by atoms with Crippen molar-refractivity contribution in [1.82, 2.24) is 0 Å². The molecule has 20 heavy (non-hydrogen) atoms. The minimum absolute atomic E-state index is 0. The zero-order chi connectivity index (χ0) is 13.8. The van der Waals surface area contributed by atoms with E-state index >= 15 is 0 Å². The van der Waals surface area contributed by atoms with Crippen molar-refractivity contribution >= 4 is 22.4 Å². The predicted octanol–water partition coefficient (Wildman–Crippen LogP) is 3.79. The van der Waals surface area contributed by atoms with Gasteiger partial charge in [0.25, 0.3) is 0 Å². The zero-order valence-corrected chi connectivity index (χ0v) is 11.4. The van der Waals surface area contributed by atoms with E-state index < -0.39 is 6.04 Å². The van der Waals surface area contributed by atoms with Crippen LogP contribution in [-0.2, 0) is 4.79 Å². The summed E-state index contributed by atoms with van der Waals surface area (Å²) in [6, 6.07) is 13.5. The van der Waals surface area contributed by atoms with Gasteiger partial charge in [0.05, 0.1) is 6.04 Å². The van der Waals surface area contributed by atoms with Gasteiger partial charge in [0, 0.05) is 5.69 Å². The normalized spacial score (nSPS) is 12.0. The molecule has 0 aliphatic rings. The number of nitrogens with two attached hydrogens (primary N) is 1. The average Bonchev–Trinajstić information content (AvgIpc) is 2.37. The van der Waals surface area contributed by atoms with E-state index in [1.165, 1.54) is 0 Å². The number of carbonyl (C=O) groups is 1. The van der Waals surface area contributed by atoms with E-state index in [9.17, 15) is 4.79 Å². The van der Waals surface area contributed by atoms with Gasteiger partial charge in [0.2, 0.25) is 5.91 Å². The van der Waals surface area contributed by atoms with Gasteiger partial charge in [-0.1, -0.05) is 51.6 Å². The Labute approximate surface area is 121 Å². The van der Waals surface area contributed by atoms with Crippen molar-refractivity contribution in [1.29, 1.82) is 0 Å². The smallest absolute Gasteiger partial charge is 0.241 e. The first-order valence-electron chi connectivity index (χ1n) is 6.61. The molecule has 2 rings (SSSR count). The Kier molecular flexibility index (Phi) is 5.71. The number of hydrogen-bond acceptors (Lipinski definition) is 2. The second-order valence-electron chi connectivity index (χ2n) is 5.29. The van der Waals surface area contributed by atoms with E-state index in [2.05, 4.69) is 19.2 Å². The standard InChI is InChI=1S/C16H20N2O.CH4/c1-11(2)9-15(17)16(19)18-14-8-7-12-5-3-4-6-13(12)10-14;/h3-8,10-11,15H,9,17H2,1-2H3,(H,18,19);1H4/t15-;/m1./s1. The third kappa shape index (κ3) is 4.07. The van der Waals surface area contributed by atoms with Crippen LogP contribution in [-0.4, -0.2) is 11.9 Å². The lowest BCUT2D eigenvalue weighted by atomic mass is 10.0. The molecule has 2 aromatic carbocycles. The molecule has 3 nitrogen and oxygen atoms in total. The summed E-state index contributed by atoms with van der Waals surface area (Å²) in [6.45, 7) is 4.12. The van der Waals surface area contributed by atoms with Crippen LogP contribution in [0, 0.1) is 5.92 Å². The first-order valence-corrected chi connectivity index (χ1v) is 6.61. The SMILES string of the molecule is C.CC(C)C[C@@H](N)C(=O)Nc1ccc2ccccc2c1. The molecule has 2 aromatic rings. The van der Waals surface area contributed by atoms with Gasteiger partial charge in [0.1, 0.15) is 0 Å². The van der Waals surface area contributed by atoms with Crippen molar-refractivity contribution in [3.8, 4) is 0 Å². The van der Waals surface area contributed by atoms with Crippen LogP contribution < -0.4 is 11.1 Å². The van der Waals surface area contributed by atoms with Crippen molar-refractivity contribution in [3.63, 3.8) is 0 Å².